The van der Waals surface area contributed by atoms with Gasteiger partial charge in [-0.2, -0.15) is 4.39 Å². The van der Waals surface area contributed by atoms with Gasteiger partial charge >= 0.3 is 0 Å². The van der Waals surface area contributed by atoms with Gasteiger partial charge in [0.1, 0.15) is 11.8 Å². The molecule has 0 saturated carbocycles. The minimum absolute atomic E-state index is 0.451. The van der Waals surface area contributed by atoms with Crippen molar-refractivity contribution < 1.29 is 18.1 Å². The third kappa shape index (κ3) is 2.17. The van der Waals surface area contributed by atoms with Gasteiger partial charge in [-0.15, -0.1) is 11.6 Å². The Morgan fingerprint density at radius 2 is 2.20 bits per heavy atom. The van der Waals surface area contributed by atoms with Crippen molar-refractivity contribution in [1.29, 1.82) is 0 Å². The number of pyridine rings is 1. The van der Waals surface area contributed by atoms with E-state index in [-0.39, 0.29) is 0 Å². The number of nitro groups is 1. The van der Waals surface area contributed by atoms with Crippen LogP contribution in [-0.2, 0) is 5.88 Å². The van der Waals surface area contributed by atoms with Crippen molar-refractivity contribution in [1.82, 2.24) is 4.98 Å². The molecule has 1 heterocycles. The molecule has 0 atom stereocenters. The quantitative estimate of drug-likeness (QED) is 0.353. The highest BCUT2D eigenvalue weighted by molar-refractivity contribution is 6.17. The predicted molar refractivity (Wildman–Crippen MR) is 45.4 cm³/mol. The summed E-state index contributed by atoms with van der Waals surface area (Å²) in [5.41, 5.74) is -2.58. The van der Waals surface area contributed by atoms with Crippen LogP contribution in [0.15, 0.2) is 6.20 Å². The zero-order valence-electron chi connectivity index (χ0n) is 7.08. The van der Waals surface area contributed by atoms with E-state index < -0.39 is 40.0 Å². The van der Waals surface area contributed by atoms with Gasteiger partial charge in [0.15, 0.2) is 0 Å². The lowest BCUT2D eigenvalue weighted by molar-refractivity contribution is -0.386. The third-order valence-electron chi connectivity index (χ3n) is 1.70. The number of nitrogens with zero attached hydrogens (tertiary/aromatic N) is 2. The molecule has 82 valence electrons. The maximum absolute atomic E-state index is 12.9. The van der Waals surface area contributed by atoms with Gasteiger partial charge in [-0.05, 0) is 0 Å². The van der Waals surface area contributed by atoms with Gasteiger partial charge < -0.3 is 0 Å². The molecule has 0 radical (unpaired) electrons. The molecule has 8 heteroatoms. The molecule has 0 unspecified atom stereocenters. The van der Waals surface area contributed by atoms with Gasteiger partial charge in [0, 0.05) is 5.56 Å². The molecule has 15 heavy (non-hydrogen) atoms. The Bertz CT molecular complexity index is 400. The summed E-state index contributed by atoms with van der Waals surface area (Å²) in [5, 5.41) is 10.4. The van der Waals surface area contributed by atoms with E-state index in [0.29, 0.717) is 6.20 Å². The average Bonchev–Trinajstić information content (AvgIpc) is 2.16. The molecule has 0 aromatic carbocycles. The summed E-state index contributed by atoms with van der Waals surface area (Å²) in [7, 11) is 0. The highest BCUT2D eigenvalue weighted by Crippen LogP contribution is 2.33. The van der Waals surface area contributed by atoms with Crippen molar-refractivity contribution in [2.45, 2.75) is 12.3 Å². The van der Waals surface area contributed by atoms with E-state index in [2.05, 4.69) is 4.98 Å². The van der Waals surface area contributed by atoms with Crippen LogP contribution in [0, 0.1) is 16.1 Å². The Balaban J connectivity index is 3.49. The van der Waals surface area contributed by atoms with Crippen LogP contribution in [-0.4, -0.2) is 9.91 Å². The maximum atomic E-state index is 12.9. The summed E-state index contributed by atoms with van der Waals surface area (Å²) in [6.45, 7) is 0. The zero-order valence-corrected chi connectivity index (χ0v) is 7.84. The number of halogens is 4. The lowest BCUT2D eigenvalue weighted by Gasteiger charge is -2.06. The van der Waals surface area contributed by atoms with E-state index in [9.17, 15) is 23.3 Å². The molecule has 0 aliphatic carbocycles. The topological polar surface area (TPSA) is 56.0 Å². The second-order valence-corrected chi connectivity index (χ2v) is 2.79. The fourth-order valence-corrected chi connectivity index (χ4v) is 1.30. The normalized spacial score (nSPS) is 10.7. The van der Waals surface area contributed by atoms with Crippen LogP contribution in [0.4, 0.5) is 18.9 Å². The number of alkyl halides is 3. The molecular weight excluding hydrogens is 237 g/mol. The third-order valence-corrected chi connectivity index (χ3v) is 1.97. The van der Waals surface area contributed by atoms with Crippen LogP contribution in [0.2, 0.25) is 0 Å². The van der Waals surface area contributed by atoms with Gasteiger partial charge in [-0.3, -0.25) is 10.1 Å². The van der Waals surface area contributed by atoms with Crippen molar-refractivity contribution in [2.75, 3.05) is 0 Å². The molecule has 0 bridgehead atoms. The van der Waals surface area contributed by atoms with Crippen LogP contribution < -0.4 is 0 Å². The van der Waals surface area contributed by atoms with Crippen LogP contribution in [0.5, 0.6) is 0 Å². The second kappa shape index (κ2) is 4.43. The minimum atomic E-state index is -3.17. The summed E-state index contributed by atoms with van der Waals surface area (Å²) in [6, 6.07) is 0. The number of rotatable bonds is 3. The van der Waals surface area contributed by atoms with Crippen molar-refractivity contribution in [3.63, 3.8) is 0 Å². The first-order valence-electron chi connectivity index (χ1n) is 3.64. The van der Waals surface area contributed by atoms with Crippen molar-refractivity contribution >= 4 is 17.3 Å². The summed E-state index contributed by atoms with van der Waals surface area (Å²) < 4.78 is 37.8. The second-order valence-electron chi connectivity index (χ2n) is 2.52. The Hall–Kier alpha value is -1.37. The molecule has 0 spiro atoms. The lowest BCUT2D eigenvalue weighted by Crippen LogP contribution is -2.04. The Morgan fingerprint density at radius 1 is 1.60 bits per heavy atom. The molecule has 0 fully saturated rings. The summed E-state index contributed by atoms with van der Waals surface area (Å²) in [6.07, 6.45) is -2.72. The standard InChI is InChI=1S/C7H4ClF3N2O2/c8-1-3-5(6(9)10)4(13(14)15)2-12-7(3)11/h2,6H,1H2. The van der Waals surface area contributed by atoms with Crippen molar-refractivity contribution in [2.24, 2.45) is 0 Å². The fraction of sp³-hybridized carbons (Fsp3) is 0.286. The molecule has 0 amide bonds. The molecule has 4 nitrogen and oxygen atoms in total. The Morgan fingerprint density at radius 3 is 2.60 bits per heavy atom. The van der Waals surface area contributed by atoms with Gasteiger partial charge in [0.25, 0.3) is 12.1 Å². The van der Waals surface area contributed by atoms with E-state index in [1.165, 1.54) is 0 Å². The average molecular weight is 241 g/mol. The zero-order chi connectivity index (χ0) is 11.6. The van der Waals surface area contributed by atoms with E-state index in [0.717, 1.165) is 0 Å². The molecule has 1 aromatic heterocycles. The molecular formula is C7H4ClF3N2O2. The molecule has 0 aliphatic rings. The van der Waals surface area contributed by atoms with Crippen LogP contribution in [0.3, 0.4) is 0 Å². The van der Waals surface area contributed by atoms with E-state index in [1.807, 2.05) is 0 Å². The van der Waals surface area contributed by atoms with E-state index in [1.54, 1.807) is 0 Å². The van der Waals surface area contributed by atoms with Gasteiger partial charge in [0.05, 0.1) is 10.8 Å². The Kier molecular flexibility index (Phi) is 3.46. The number of hydrogen-bond acceptors (Lipinski definition) is 3. The van der Waals surface area contributed by atoms with Crippen LogP contribution in [0.1, 0.15) is 17.6 Å². The van der Waals surface area contributed by atoms with Crippen molar-refractivity contribution in [3.8, 4) is 0 Å². The maximum Gasteiger partial charge on any atom is 0.296 e. The molecule has 1 rings (SSSR count). The summed E-state index contributed by atoms with van der Waals surface area (Å²) in [4.78, 5) is 12.3. The molecule has 1 aromatic rings. The number of aromatic nitrogens is 1. The first-order valence-corrected chi connectivity index (χ1v) is 4.18. The number of hydrogen-bond donors (Lipinski definition) is 0. The highest BCUT2D eigenvalue weighted by Gasteiger charge is 2.28. The van der Waals surface area contributed by atoms with E-state index >= 15 is 0 Å². The summed E-state index contributed by atoms with van der Waals surface area (Å²) >= 11 is 5.22. The smallest absolute Gasteiger partial charge is 0.258 e. The monoisotopic (exact) mass is 240 g/mol. The molecule has 0 N–H and O–H groups in total. The van der Waals surface area contributed by atoms with Gasteiger partial charge in [-0.25, -0.2) is 13.8 Å². The van der Waals surface area contributed by atoms with Crippen LogP contribution in [0.25, 0.3) is 0 Å². The van der Waals surface area contributed by atoms with Gasteiger partial charge in [0.2, 0.25) is 5.95 Å². The largest absolute Gasteiger partial charge is 0.296 e. The predicted octanol–water partition coefficient (Wildman–Crippen LogP) is 2.81. The summed E-state index contributed by atoms with van der Waals surface area (Å²) in [5.74, 6) is -1.81. The Labute approximate surface area is 86.8 Å². The van der Waals surface area contributed by atoms with Gasteiger partial charge in [-0.1, -0.05) is 0 Å². The SMILES string of the molecule is O=[N+]([O-])c1cnc(F)c(CCl)c1C(F)F. The first-order chi connectivity index (χ1) is 6.99. The minimum Gasteiger partial charge on any atom is -0.258 e. The van der Waals surface area contributed by atoms with Crippen molar-refractivity contribution in [3.05, 3.63) is 33.4 Å². The first kappa shape index (κ1) is 11.7. The van der Waals surface area contributed by atoms with E-state index in [4.69, 9.17) is 11.6 Å². The lowest BCUT2D eigenvalue weighted by atomic mass is 10.1. The fourth-order valence-electron chi connectivity index (χ4n) is 1.05. The molecule has 0 aliphatic heterocycles. The van der Waals surface area contributed by atoms with Crippen LogP contribution >= 0.6 is 11.6 Å². The highest BCUT2D eigenvalue weighted by atomic mass is 35.5. The molecule has 0 saturated heterocycles.